The van der Waals surface area contributed by atoms with Crippen molar-refractivity contribution in [2.75, 3.05) is 25.1 Å². The van der Waals surface area contributed by atoms with Crippen LogP contribution >= 0.6 is 0 Å². The van der Waals surface area contributed by atoms with E-state index in [0.717, 1.165) is 17.9 Å². The molecule has 1 amide bonds. The average Bonchev–Trinajstić information content (AvgIpc) is 2.84. The van der Waals surface area contributed by atoms with E-state index in [2.05, 4.69) is 12.2 Å². The summed E-state index contributed by atoms with van der Waals surface area (Å²) in [5.74, 6) is 0.448. The monoisotopic (exact) mass is 264 g/mol. The van der Waals surface area contributed by atoms with Gasteiger partial charge in [0, 0.05) is 11.7 Å². The first-order valence-corrected chi connectivity index (χ1v) is 6.57. The highest BCUT2D eigenvalue weighted by Gasteiger charge is 2.31. The summed E-state index contributed by atoms with van der Waals surface area (Å²) >= 11 is 0. The van der Waals surface area contributed by atoms with Crippen molar-refractivity contribution >= 4 is 11.6 Å². The number of nitrogens with one attached hydrogen (secondary N) is 1. The predicted octanol–water partition coefficient (Wildman–Crippen LogP) is 1.39. The third kappa shape index (κ3) is 3.68. The van der Waals surface area contributed by atoms with E-state index in [1.54, 1.807) is 0 Å². The molecule has 0 spiro atoms. The number of anilines is 1. The van der Waals surface area contributed by atoms with Gasteiger partial charge in [0.15, 0.2) is 0 Å². The maximum Gasteiger partial charge on any atom is 0.231 e. The summed E-state index contributed by atoms with van der Waals surface area (Å²) in [5, 5.41) is 2.84. The van der Waals surface area contributed by atoms with E-state index in [1.807, 2.05) is 24.3 Å². The molecule has 2 unspecified atom stereocenters. The average molecular weight is 264 g/mol. The lowest BCUT2D eigenvalue weighted by atomic mass is 10.0. The van der Waals surface area contributed by atoms with Crippen LogP contribution in [0.25, 0.3) is 0 Å². The van der Waals surface area contributed by atoms with Gasteiger partial charge in [0.2, 0.25) is 5.91 Å². The summed E-state index contributed by atoms with van der Waals surface area (Å²) in [7, 11) is 0. The van der Waals surface area contributed by atoms with Crippen LogP contribution in [0, 0.1) is 5.92 Å². The Hall–Kier alpha value is -1.59. The van der Waals surface area contributed by atoms with Crippen LogP contribution in [0.4, 0.5) is 5.69 Å². The molecule has 2 atom stereocenters. The number of nitrogens with two attached hydrogens (primary N) is 1. The Morgan fingerprint density at radius 1 is 1.42 bits per heavy atom. The predicted molar refractivity (Wildman–Crippen MR) is 73.1 cm³/mol. The van der Waals surface area contributed by atoms with Crippen molar-refractivity contribution < 1.29 is 14.3 Å². The van der Waals surface area contributed by atoms with Crippen molar-refractivity contribution in [1.82, 2.24) is 0 Å². The van der Waals surface area contributed by atoms with E-state index in [-0.39, 0.29) is 17.9 Å². The number of ether oxygens (including phenoxy) is 2. The van der Waals surface area contributed by atoms with Gasteiger partial charge in [-0.1, -0.05) is 6.92 Å². The lowest BCUT2D eigenvalue weighted by molar-refractivity contribution is -0.120. The minimum absolute atomic E-state index is 0.0905. The van der Waals surface area contributed by atoms with Crippen molar-refractivity contribution in [3.8, 4) is 5.75 Å². The minimum Gasteiger partial charge on any atom is -0.494 e. The van der Waals surface area contributed by atoms with Crippen LogP contribution in [0.5, 0.6) is 5.75 Å². The Labute approximate surface area is 113 Å². The number of amides is 1. The first-order valence-electron chi connectivity index (χ1n) is 6.57. The molecule has 5 nitrogen and oxygen atoms in total. The lowest BCUT2D eigenvalue weighted by Gasteiger charge is -2.13. The van der Waals surface area contributed by atoms with Gasteiger partial charge in [0.25, 0.3) is 0 Å². The van der Waals surface area contributed by atoms with Crippen LogP contribution in [-0.4, -0.2) is 31.8 Å². The molecule has 0 bridgehead atoms. The van der Waals surface area contributed by atoms with Crippen LogP contribution in [0.3, 0.4) is 0 Å². The molecule has 1 saturated heterocycles. The third-order valence-corrected chi connectivity index (χ3v) is 3.06. The van der Waals surface area contributed by atoms with E-state index >= 15 is 0 Å². The molecule has 0 saturated carbocycles. The molecule has 3 N–H and O–H groups in total. The fourth-order valence-corrected chi connectivity index (χ4v) is 1.93. The standard InChI is InChI=1S/C14H20N2O3/c1-2-7-19-11-5-3-10(4-6-11)16-14(17)12-8-18-9-13(12)15/h3-6,12-13H,2,7-9,15H2,1H3,(H,16,17). The summed E-state index contributed by atoms with van der Waals surface area (Å²) in [6.45, 7) is 3.59. The molecule has 1 heterocycles. The van der Waals surface area contributed by atoms with Crippen molar-refractivity contribution in [1.29, 1.82) is 0 Å². The van der Waals surface area contributed by atoms with Crippen LogP contribution in [0.1, 0.15) is 13.3 Å². The number of rotatable bonds is 5. The SMILES string of the molecule is CCCOc1ccc(NC(=O)C2COCC2N)cc1. The van der Waals surface area contributed by atoms with E-state index in [9.17, 15) is 4.79 Å². The molecule has 0 radical (unpaired) electrons. The highest BCUT2D eigenvalue weighted by Crippen LogP contribution is 2.18. The van der Waals surface area contributed by atoms with Gasteiger partial charge in [-0.15, -0.1) is 0 Å². The fraction of sp³-hybridized carbons (Fsp3) is 0.500. The molecule has 5 heteroatoms. The Morgan fingerprint density at radius 2 is 2.16 bits per heavy atom. The van der Waals surface area contributed by atoms with E-state index in [0.29, 0.717) is 19.8 Å². The third-order valence-electron chi connectivity index (χ3n) is 3.06. The second kappa shape index (κ2) is 6.54. The van der Waals surface area contributed by atoms with Crippen LogP contribution in [0.15, 0.2) is 24.3 Å². The largest absolute Gasteiger partial charge is 0.494 e. The Balaban J connectivity index is 1.90. The summed E-state index contributed by atoms with van der Waals surface area (Å²) in [4.78, 5) is 12.0. The molecule has 1 aromatic carbocycles. The molecule has 0 aromatic heterocycles. The van der Waals surface area contributed by atoms with Crippen molar-refractivity contribution in [2.24, 2.45) is 11.7 Å². The van der Waals surface area contributed by atoms with Gasteiger partial charge in [0.05, 0.1) is 25.7 Å². The molecule has 19 heavy (non-hydrogen) atoms. The molecule has 1 aliphatic heterocycles. The molecular weight excluding hydrogens is 244 g/mol. The highest BCUT2D eigenvalue weighted by molar-refractivity contribution is 5.93. The zero-order chi connectivity index (χ0) is 13.7. The summed E-state index contributed by atoms with van der Waals surface area (Å²) < 4.78 is 10.7. The summed E-state index contributed by atoms with van der Waals surface area (Å²) in [5.41, 5.74) is 6.55. The molecule has 1 aromatic rings. The maximum atomic E-state index is 12.0. The van der Waals surface area contributed by atoms with Gasteiger partial charge in [-0.3, -0.25) is 4.79 Å². The topological polar surface area (TPSA) is 73.6 Å². The van der Waals surface area contributed by atoms with Crippen LogP contribution in [0.2, 0.25) is 0 Å². The second-order valence-electron chi connectivity index (χ2n) is 4.67. The van der Waals surface area contributed by atoms with Gasteiger partial charge in [0.1, 0.15) is 5.75 Å². The molecular formula is C14H20N2O3. The second-order valence-corrected chi connectivity index (χ2v) is 4.67. The number of hydrogen-bond acceptors (Lipinski definition) is 4. The number of benzene rings is 1. The number of carbonyl (C=O) groups excluding carboxylic acids is 1. The zero-order valence-electron chi connectivity index (χ0n) is 11.1. The maximum absolute atomic E-state index is 12.0. The van der Waals surface area contributed by atoms with Gasteiger partial charge in [-0.2, -0.15) is 0 Å². The summed E-state index contributed by atoms with van der Waals surface area (Å²) in [6, 6.07) is 7.12. The van der Waals surface area contributed by atoms with Crippen molar-refractivity contribution in [3.63, 3.8) is 0 Å². The van der Waals surface area contributed by atoms with E-state index < -0.39 is 0 Å². The van der Waals surface area contributed by atoms with Gasteiger partial charge < -0.3 is 20.5 Å². The minimum atomic E-state index is -0.268. The smallest absolute Gasteiger partial charge is 0.231 e. The van der Waals surface area contributed by atoms with Crippen molar-refractivity contribution in [2.45, 2.75) is 19.4 Å². The molecule has 2 rings (SSSR count). The first-order chi connectivity index (χ1) is 9.20. The fourth-order valence-electron chi connectivity index (χ4n) is 1.93. The molecule has 1 fully saturated rings. The normalized spacial score (nSPS) is 22.2. The first kappa shape index (κ1) is 13.8. The van der Waals surface area contributed by atoms with Gasteiger partial charge in [-0.25, -0.2) is 0 Å². The zero-order valence-corrected chi connectivity index (χ0v) is 11.1. The van der Waals surface area contributed by atoms with Crippen LogP contribution in [-0.2, 0) is 9.53 Å². The van der Waals surface area contributed by atoms with Gasteiger partial charge >= 0.3 is 0 Å². The molecule has 1 aliphatic rings. The quantitative estimate of drug-likeness (QED) is 0.842. The Kier molecular flexibility index (Phi) is 4.76. The Bertz CT molecular complexity index is 419. The number of hydrogen-bond donors (Lipinski definition) is 2. The van der Waals surface area contributed by atoms with E-state index in [4.69, 9.17) is 15.2 Å². The number of carbonyl (C=O) groups is 1. The van der Waals surface area contributed by atoms with E-state index in [1.165, 1.54) is 0 Å². The van der Waals surface area contributed by atoms with Gasteiger partial charge in [-0.05, 0) is 30.7 Å². The van der Waals surface area contributed by atoms with Crippen molar-refractivity contribution in [3.05, 3.63) is 24.3 Å². The Morgan fingerprint density at radius 3 is 2.74 bits per heavy atom. The van der Waals surface area contributed by atoms with Crippen LogP contribution < -0.4 is 15.8 Å². The lowest BCUT2D eigenvalue weighted by Crippen LogP contribution is -2.37. The highest BCUT2D eigenvalue weighted by atomic mass is 16.5. The molecule has 0 aliphatic carbocycles. The molecule has 104 valence electrons. The summed E-state index contributed by atoms with van der Waals surface area (Å²) in [6.07, 6.45) is 0.970.